The lowest BCUT2D eigenvalue weighted by Crippen LogP contribution is -2.15. The van der Waals surface area contributed by atoms with Gasteiger partial charge in [0, 0.05) is 6.20 Å². The van der Waals surface area contributed by atoms with Gasteiger partial charge < -0.3 is 0 Å². The maximum absolute atomic E-state index is 8.47. The van der Waals surface area contributed by atoms with E-state index in [0.29, 0.717) is 0 Å². The van der Waals surface area contributed by atoms with Gasteiger partial charge in [-0.2, -0.15) is 5.10 Å². The van der Waals surface area contributed by atoms with Crippen molar-refractivity contribution in [3.63, 3.8) is 0 Å². The average molecular weight is 99.1 g/mol. The zero-order valence-electron chi connectivity index (χ0n) is 3.57. The Labute approximate surface area is 40.7 Å². The second-order valence-electron chi connectivity index (χ2n) is 1.07. The van der Waals surface area contributed by atoms with E-state index in [-0.39, 0.29) is 0 Å². The maximum Gasteiger partial charge on any atom is 0.141 e. The highest BCUT2D eigenvalue weighted by molar-refractivity contribution is 5.54. The molecule has 0 aromatic carbocycles. The molecular weight excluding hydrogens is 94.1 g/mol. The Morgan fingerprint density at radius 3 is 2.86 bits per heavy atom. The first-order valence-corrected chi connectivity index (χ1v) is 1.82. The van der Waals surface area contributed by atoms with Gasteiger partial charge in [0.1, 0.15) is 6.34 Å². The minimum absolute atomic E-state index is 0.858. The summed E-state index contributed by atoms with van der Waals surface area (Å²) in [4.78, 5) is 0. The Hall–Kier alpha value is -1.03. The summed E-state index contributed by atoms with van der Waals surface area (Å²) in [5, 5.41) is 12.8. The highest BCUT2D eigenvalue weighted by atomic mass is 16.5. The van der Waals surface area contributed by atoms with Crippen LogP contribution in [0.4, 0.5) is 0 Å². The molecule has 2 N–H and O–H groups in total. The first-order chi connectivity index (χ1) is 3.39. The predicted octanol–water partition coefficient (Wildman–Crippen LogP) is -0.305. The van der Waals surface area contributed by atoms with Gasteiger partial charge in [0.05, 0.1) is 6.20 Å². The van der Waals surface area contributed by atoms with E-state index in [4.69, 9.17) is 5.21 Å². The average Bonchev–Trinajstić information content (AvgIpc) is 1.69. The van der Waals surface area contributed by atoms with Crippen molar-refractivity contribution in [1.29, 1.82) is 0 Å². The van der Waals surface area contributed by atoms with E-state index in [9.17, 15) is 0 Å². The molecule has 0 atom stereocenters. The molecule has 0 radical (unpaired) electrons. The molecule has 1 heterocycles. The number of hydrazone groups is 1. The molecule has 1 aliphatic rings. The van der Waals surface area contributed by atoms with Crippen molar-refractivity contribution in [2.24, 2.45) is 5.10 Å². The molecule has 0 bridgehead atoms. The summed E-state index contributed by atoms with van der Waals surface area (Å²) < 4.78 is 0. The molecule has 0 saturated heterocycles. The number of nitrogens with zero attached hydrogens (tertiary/aromatic N) is 2. The molecule has 0 aliphatic carbocycles. The van der Waals surface area contributed by atoms with Crippen LogP contribution in [0.5, 0.6) is 0 Å². The number of rotatable bonds is 0. The van der Waals surface area contributed by atoms with E-state index in [2.05, 4.69) is 10.5 Å². The van der Waals surface area contributed by atoms with Crippen LogP contribution in [0.15, 0.2) is 17.5 Å². The highest BCUT2D eigenvalue weighted by Crippen LogP contribution is 1.80. The molecule has 1 rings (SSSR count). The Morgan fingerprint density at radius 1 is 1.71 bits per heavy atom. The van der Waals surface area contributed by atoms with Crippen molar-refractivity contribution in [3.8, 4) is 0 Å². The van der Waals surface area contributed by atoms with Gasteiger partial charge in [-0.15, -0.1) is 0 Å². The summed E-state index contributed by atoms with van der Waals surface area (Å²) >= 11 is 0. The number of hydrogen-bond donors (Lipinski definition) is 2. The van der Waals surface area contributed by atoms with Gasteiger partial charge in [0.15, 0.2) is 0 Å². The molecule has 0 spiro atoms. The molecule has 4 nitrogen and oxygen atoms in total. The van der Waals surface area contributed by atoms with Crippen molar-refractivity contribution in [2.45, 2.75) is 0 Å². The third kappa shape index (κ3) is 0.902. The van der Waals surface area contributed by atoms with Crippen molar-refractivity contribution in [3.05, 3.63) is 12.4 Å². The maximum atomic E-state index is 8.47. The molecule has 1 aliphatic heterocycles. The lowest BCUT2D eigenvalue weighted by Gasteiger charge is -2.05. The van der Waals surface area contributed by atoms with Crippen LogP contribution in [0.25, 0.3) is 0 Å². The van der Waals surface area contributed by atoms with Gasteiger partial charge in [-0.25, -0.2) is 5.06 Å². The SMILES string of the molecule is ON1C=CNN=C1. The van der Waals surface area contributed by atoms with Crippen LogP contribution in [-0.4, -0.2) is 16.6 Å². The summed E-state index contributed by atoms with van der Waals surface area (Å²) in [5.74, 6) is 0. The van der Waals surface area contributed by atoms with E-state index in [1.165, 1.54) is 18.7 Å². The van der Waals surface area contributed by atoms with Crippen LogP contribution in [0.3, 0.4) is 0 Å². The third-order valence-electron chi connectivity index (χ3n) is 0.552. The number of hydrogen-bond acceptors (Lipinski definition) is 4. The standard InChI is InChI=1S/C3H5N3O/c7-6-2-1-4-5-3-6/h1-4,7H. The highest BCUT2D eigenvalue weighted by Gasteiger charge is 1.86. The van der Waals surface area contributed by atoms with Crippen molar-refractivity contribution in [1.82, 2.24) is 10.5 Å². The van der Waals surface area contributed by atoms with Crippen LogP contribution >= 0.6 is 0 Å². The zero-order chi connectivity index (χ0) is 5.11. The summed E-state index contributed by atoms with van der Waals surface area (Å²) in [7, 11) is 0. The van der Waals surface area contributed by atoms with Crippen LogP contribution in [0.2, 0.25) is 0 Å². The molecular formula is C3H5N3O. The molecule has 0 amide bonds. The zero-order valence-corrected chi connectivity index (χ0v) is 3.57. The van der Waals surface area contributed by atoms with Crippen molar-refractivity contribution < 1.29 is 5.21 Å². The normalized spacial score (nSPS) is 17.0. The molecule has 0 fully saturated rings. The Kier molecular flexibility index (Phi) is 0.953. The first-order valence-electron chi connectivity index (χ1n) is 1.82. The van der Waals surface area contributed by atoms with Gasteiger partial charge in [0.25, 0.3) is 0 Å². The van der Waals surface area contributed by atoms with E-state index in [0.717, 1.165) is 5.06 Å². The predicted molar refractivity (Wildman–Crippen MR) is 24.4 cm³/mol. The minimum atomic E-state index is 0.858. The smallest absolute Gasteiger partial charge is 0.141 e. The van der Waals surface area contributed by atoms with Crippen LogP contribution in [-0.2, 0) is 0 Å². The fraction of sp³-hybridized carbons (Fsp3) is 0. The van der Waals surface area contributed by atoms with Gasteiger partial charge in [-0.05, 0) is 0 Å². The van der Waals surface area contributed by atoms with E-state index in [1.54, 1.807) is 0 Å². The van der Waals surface area contributed by atoms with Crippen molar-refractivity contribution in [2.75, 3.05) is 0 Å². The molecule has 0 saturated carbocycles. The molecule has 7 heavy (non-hydrogen) atoms. The molecule has 0 aromatic rings. The summed E-state index contributed by atoms with van der Waals surface area (Å²) in [6.07, 6.45) is 4.20. The van der Waals surface area contributed by atoms with Crippen LogP contribution < -0.4 is 5.43 Å². The molecule has 0 aromatic heterocycles. The largest absolute Gasteiger partial charge is 0.283 e. The Bertz CT molecular complexity index is 96.7. The second kappa shape index (κ2) is 1.61. The van der Waals surface area contributed by atoms with Crippen molar-refractivity contribution >= 4 is 6.34 Å². The van der Waals surface area contributed by atoms with Gasteiger partial charge >= 0.3 is 0 Å². The summed E-state index contributed by atoms with van der Waals surface area (Å²) in [6, 6.07) is 0. The molecule has 0 unspecified atom stereocenters. The van der Waals surface area contributed by atoms with E-state index >= 15 is 0 Å². The van der Waals surface area contributed by atoms with Gasteiger partial charge in [-0.1, -0.05) is 0 Å². The first kappa shape index (κ1) is 4.14. The third-order valence-corrected chi connectivity index (χ3v) is 0.552. The number of hydroxylamine groups is 2. The summed E-state index contributed by atoms with van der Waals surface area (Å²) in [5.41, 5.74) is 2.50. The second-order valence-corrected chi connectivity index (χ2v) is 1.07. The Balaban J connectivity index is 2.49. The quantitative estimate of drug-likeness (QED) is 0.438. The van der Waals surface area contributed by atoms with Gasteiger partial charge in [0.2, 0.25) is 0 Å². The monoisotopic (exact) mass is 99.0 g/mol. The van der Waals surface area contributed by atoms with Crippen LogP contribution in [0.1, 0.15) is 0 Å². The number of nitrogens with one attached hydrogen (secondary N) is 1. The van der Waals surface area contributed by atoms with Gasteiger partial charge in [-0.3, -0.25) is 10.6 Å². The van der Waals surface area contributed by atoms with Crippen LogP contribution in [0, 0.1) is 0 Å². The van der Waals surface area contributed by atoms with E-state index in [1.807, 2.05) is 0 Å². The molecule has 38 valence electrons. The molecule has 4 heteroatoms. The van der Waals surface area contributed by atoms with E-state index < -0.39 is 0 Å². The fourth-order valence-electron chi connectivity index (χ4n) is 0.284. The Morgan fingerprint density at radius 2 is 2.57 bits per heavy atom. The lowest BCUT2D eigenvalue weighted by atomic mass is 10.8. The fourth-order valence-corrected chi connectivity index (χ4v) is 0.284. The lowest BCUT2D eigenvalue weighted by molar-refractivity contribution is 0.0411. The summed E-state index contributed by atoms with van der Waals surface area (Å²) in [6.45, 7) is 0. The topological polar surface area (TPSA) is 47.9 Å². The minimum Gasteiger partial charge on any atom is -0.283 e.